The van der Waals surface area contributed by atoms with Crippen molar-refractivity contribution in [1.82, 2.24) is 4.98 Å². The molecule has 0 aliphatic heterocycles. The largest absolute Gasteiger partial charge is 0.243 e. The Kier molecular flexibility index (Phi) is 6.10. The van der Waals surface area contributed by atoms with Crippen LogP contribution in [-0.4, -0.2) is 4.98 Å². The number of aromatic nitrogens is 1. The molecular formula is C10H15Cl2N. The fourth-order valence-electron chi connectivity index (χ4n) is 0.870. The van der Waals surface area contributed by atoms with Crippen LogP contribution in [-0.2, 0) is 0 Å². The van der Waals surface area contributed by atoms with E-state index in [1.807, 2.05) is 13.8 Å². The molecule has 1 nitrogen and oxygen atoms in total. The van der Waals surface area contributed by atoms with Crippen molar-refractivity contribution < 1.29 is 0 Å². The zero-order chi connectivity index (χ0) is 10.4. The summed E-state index contributed by atoms with van der Waals surface area (Å²) < 4.78 is 0. The molecule has 1 rings (SSSR count). The monoisotopic (exact) mass is 219 g/mol. The van der Waals surface area contributed by atoms with Gasteiger partial charge >= 0.3 is 0 Å². The molecule has 0 amide bonds. The summed E-state index contributed by atoms with van der Waals surface area (Å²) in [5, 5.41) is 1.18. The number of hydrogen-bond donors (Lipinski definition) is 0. The second-order valence-electron chi connectivity index (χ2n) is 2.68. The highest BCUT2D eigenvalue weighted by molar-refractivity contribution is 6.32. The second kappa shape index (κ2) is 6.22. The van der Waals surface area contributed by atoms with Crippen LogP contribution in [0.1, 0.15) is 39.2 Å². The Bertz CT molecular complexity index is 259. The van der Waals surface area contributed by atoms with E-state index < -0.39 is 0 Å². The molecule has 0 aliphatic rings. The number of nitrogens with zero attached hydrogens (tertiary/aromatic N) is 1. The van der Waals surface area contributed by atoms with Gasteiger partial charge in [-0.05, 0) is 17.5 Å². The van der Waals surface area contributed by atoms with Crippen LogP contribution < -0.4 is 0 Å². The number of rotatable bonds is 1. The molecule has 1 aromatic rings. The highest BCUT2D eigenvalue weighted by atomic mass is 35.5. The van der Waals surface area contributed by atoms with E-state index in [2.05, 4.69) is 18.8 Å². The molecule has 0 aliphatic carbocycles. The second-order valence-corrected chi connectivity index (χ2v) is 3.48. The maximum atomic E-state index is 5.87. The van der Waals surface area contributed by atoms with Crippen LogP contribution in [0.3, 0.4) is 0 Å². The van der Waals surface area contributed by atoms with E-state index in [-0.39, 0.29) is 0 Å². The van der Waals surface area contributed by atoms with Gasteiger partial charge in [0, 0.05) is 6.20 Å². The Hall–Kier alpha value is -0.270. The molecule has 0 N–H and O–H groups in total. The lowest BCUT2D eigenvalue weighted by molar-refractivity contribution is 0.863. The molecule has 0 bridgehead atoms. The van der Waals surface area contributed by atoms with Gasteiger partial charge in [-0.25, -0.2) is 4.98 Å². The van der Waals surface area contributed by atoms with Crippen LogP contribution in [0.15, 0.2) is 12.3 Å². The smallest absolute Gasteiger partial charge is 0.129 e. The highest BCUT2D eigenvalue weighted by Gasteiger charge is 2.05. The fraction of sp³-hybridized carbons (Fsp3) is 0.500. The van der Waals surface area contributed by atoms with Crippen molar-refractivity contribution in [2.45, 2.75) is 33.6 Å². The van der Waals surface area contributed by atoms with E-state index in [1.165, 1.54) is 0 Å². The topological polar surface area (TPSA) is 12.9 Å². The molecule has 0 saturated heterocycles. The van der Waals surface area contributed by atoms with E-state index in [4.69, 9.17) is 23.2 Å². The first kappa shape index (κ1) is 12.7. The van der Waals surface area contributed by atoms with Crippen LogP contribution in [0.5, 0.6) is 0 Å². The summed E-state index contributed by atoms with van der Waals surface area (Å²) >= 11 is 11.6. The molecule has 3 heteroatoms. The van der Waals surface area contributed by atoms with Gasteiger partial charge in [-0.2, -0.15) is 0 Å². The summed E-state index contributed by atoms with van der Waals surface area (Å²) in [5.74, 6) is 0.392. The maximum Gasteiger partial charge on any atom is 0.129 e. The van der Waals surface area contributed by atoms with E-state index in [9.17, 15) is 0 Å². The van der Waals surface area contributed by atoms with Gasteiger partial charge in [-0.15, -0.1) is 0 Å². The fourth-order valence-corrected chi connectivity index (χ4v) is 1.36. The zero-order valence-corrected chi connectivity index (χ0v) is 9.95. The highest BCUT2D eigenvalue weighted by Crippen LogP contribution is 2.24. The molecule has 1 aromatic heterocycles. The molecule has 1 heterocycles. The Morgan fingerprint density at radius 2 is 1.77 bits per heavy atom. The van der Waals surface area contributed by atoms with Gasteiger partial charge in [-0.1, -0.05) is 50.9 Å². The molecule has 0 atom stereocenters. The third-order valence-corrected chi connectivity index (χ3v) is 2.00. The normalized spacial score (nSPS) is 9.46. The average molecular weight is 220 g/mol. The van der Waals surface area contributed by atoms with Crippen LogP contribution in [0.2, 0.25) is 10.2 Å². The lowest BCUT2D eigenvalue weighted by Gasteiger charge is -2.06. The molecule has 0 aromatic carbocycles. The van der Waals surface area contributed by atoms with E-state index in [0.29, 0.717) is 16.1 Å². The van der Waals surface area contributed by atoms with Gasteiger partial charge in [0.1, 0.15) is 5.15 Å². The summed E-state index contributed by atoms with van der Waals surface area (Å²) in [4.78, 5) is 3.86. The Balaban J connectivity index is 0.000000671. The predicted molar refractivity (Wildman–Crippen MR) is 59.7 cm³/mol. The van der Waals surface area contributed by atoms with Crippen LogP contribution in [0, 0.1) is 0 Å². The Labute approximate surface area is 90.1 Å². The van der Waals surface area contributed by atoms with Gasteiger partial charge in [0.25, 0.3) is 0 Å². The minimum absolute atomic E-state index is 0.392. The summed E-state index contributed by atoms with van der Waals surface area (Å²) in [6.07, 6.45) is 1.58. The quantitative estimate of drug-likeness (QED) is 0.633. The van der Waals surface area contributed by atoms with Crippen LogP contribution >= 0.6 is 23.2 Å². The summed E-state index contributed by atoms with van der Waals surface area (Å²) in [7, 11) is 0. The number of halogens is 2. The van der Waals surface area contributed by atoms with E-state index >= 15 is 0 Å². The molecule has 0 unspecified atom stereocenters. The third kappa shape index (κ3) is 3.97. The van der Waals surface area contributed by atoms with Crippen molar-refractivity contribution in [1.29, 1.82) is 0 Å². The van der Waals surface area contributed by atoms with Crippen molar-refractivity contribution in [3.8, 4) is 0 Å². The first-order chi connectivity index (χ1) is 6.11. The molecule has 13 heavy (non-hydrogen) atoms. The number of pyridine rings is 1. The average Bonchev–Trinajstić information content (AvgIpc) is 2.12. The SMILES string of the molecule is CC.CC(C)c1cc(Cl)ncc1Cl. The maximum absolute atomic E-state index is 5.87. The van der Waals surface area contributed by atoms with Crippen LogP contribution in [0.25, 0.3) is 0 Å². The standard InChI is InChI=1S/C8H9Cl2N.C2H6/c1-5(2)6-3-8(10)11-4-7(6)9;1-2/h3-5H,1-2H3;1-2H3. The molecule has 0 saturated carbocycles. The van der Waals surface area contributed by atoms with E-state index in [0.717, 1.165) is 5.56 Å². The first-order valence-electron chi connectivity index (χ1n) is 4.42. The molecule has 0 spiro atoms. The van der Waals surface area contributed by atoms with Gasteiger partial charge in [0.15, 0.2) is 0 Å². The molecule has 0 radical (unpaired) electrons. The minimum Gasteiger partial charge on any atom is -0.243 e. The minimum atomic E-state index is 0.392. The lowest BCUT2D eigenvalue weighted by Crippen LogP contribution is -1.89. The summed E-state index contributed by atoms with van der Waals surface area (Å²) in [6, 6.07) is 1.80. The van der Waals surface area contributed by atoms with Crippen LogP contribution in [0.4, 0.5) is 0 Å². The van der Waals surface area contributed by atoms with Gasteiger partial charge < -0.3 is 0 Å². The summed E-state index contributed by atoms with van der Waals surface area (Å²) in [5.41, 5.74) is 1.05. The van der Waals surface area contributed by atoms with Crippen molar-refractivity contribution in [2.75, 3.05) is 0 Å². The zero-order valence-electron chi connectivity index (χ0n) is 8.44. The van der Waals surface area contributed by atoms with Gasteiger partial charge in [0.05, 0.1) is 5.02 Å². The van der Waals surface area contributed by atoms with Crippen molar-refractivity contribution in [3.05, 3.63) is 28.0 Å². The lowest BCUT2D eigenvalue weighted by atomic mass is 10.1. The van der Waals surface area contributed by atoms with Gasteiger partial charge in [-0.3, -0.25) is 0 Å². The van der Waals surface area contributed by atoms with E-state index in [1.54, 1.807) is 12.3 Å². The Morgan fingerprint density at radius 1 is 1.23 bits per heavy atom. The van der Waals surface area contributed by atoms with Crippen molar-refractivity contribution in [2.24, 2.45) is 0 Å². The Morgan fingerprint density at radius 3 is 2.15 bits per heavy atom. The molecule has 74 valence electrons. The summed E-state index contributed by atoms with van der Waals surface area (Å²) in [6.45, 7) is 8.13. The van der Waals surface area contributed by atoms with Crippen molar-refractivity contribution >= 4 is 23.2 Å². The van der Waals surface area contributed by atoms with Crippen molar-refractivity contribution in [3.63, 3.8) is 0 Å². The molecular weight excluding hydrogens is 205 g/mol. The third-order valence-electron chi connectivity index (χ3n) is 1.47. The number of hydrogen-bond acceptors (Lipinski definition) is 1. The molecule has 0 fully saturated rings. The van der Waals surface area contributed by atoms with Gasteiger partial charge in [0.2, 0.25) is 0 Å². The first-order valence-corrected chi connectivity index (χ1v) is 5.18. The predicted octanol–water partition coefficient (Wildman–Crippen LogP) is 4.54.